The van der Waals surface area contributed by atoms with E-state index in [9.17, 15) is 20.0 Å². The minimum absolute atomic E-state index is 0.191. The van der Waals surface area contributed by atoms with Crippen molar-refractivity contribution in [1.29, 1.82) is 0 Å². The van der Waals surface area contributed by atoms with E-state index >= 15 is 0 Å². The van der Waals surface area contributed by atoms with E-state index in [-0.39, 0.29) is 11.3 Å². The molecule has 0 heterocycles. The number of benzene rings is 1. The molecule has 0 N–H and O–H groups in total. The predicted octanol–water partition coefficient (Wildman–Crippen LogP) is 1.55. The molecule has 0 aliphatic carbocycles. The molecule has 1 aromatic rings. The molecule has 0 spiro atoms. The lowest BCUT2D eigenvalue weighted by molar-refractivity contribution is -0.384. The normalized spacial score (nSPS) is 9.33. The first kappa shape index (κ1) is 8.19. The van der Waals surface area contributed by atoms with Gasteiger partial charge in [-0.2, -0.15) is 0 Å². The van der Waals surface area contributed by atoms with Crippen molar-refractivity contribution in [3.63, 3.8) is 0 Å². The molecule has 0 saturated heterocycles. The van der Waals surface area contributed by atoms with Crippen molar-refractivity contribution in [3.05, 3.63) is 33.9 Å². The van der Waals surface area contributed by atoms with Crippen LogP contribution in [-0.2, 0) is 5.11 Å². The average Bonchev–Trinajstić information content (AvgIpc) is 2.05. The van der Waals surface area contributed by atoms with Crippen LogP contribution in [0.1, 0.15) is 10.4 Å². The molecule has 1 radical (unpaired) electrons. The summed E-state index contributed by atoms with van der Waals surface area (Å²) in [4.78, 5) is 19.7. The molecule has 1 rings (SSSR count). The van der Waals surface area contributed by atoms with E-state index in [1.165, 1.54) is 0 Å². The third-order valence-corrected chi connectivity index (χ3v) is 1.33. The zero-order valence-electron chi connectivity index (χ0n) is 5.89. The monoisotopic (exact) mass is 166 g/mol. The zero-order chi connectivity index (χ0) is 9.14. The summed E-state index contributed by atoms with van der Waals surface area (Å²) in [5.41, 5.74) is -0.444. The summed E-state index contributed by atoms with van der Waals surface area (Å²) in [5.74, 6) is -0.504. The van der Waals surface area contributed by atoms with E-state index in [0.29, 0.717) is 6.29 Å². The Morgan fingerprint density at radius 3 is 2.58 bits per heavy atom. The van der Waals surface area contributed by atoms with Crippen LogP contribution in [-0.4, -0.2) is 11.2 Å². The Hall–Kier alpha value is -1.91. The van der Waals surface area contributed by atoms with Crippen LogP contribution < -0.4 is 0 Å². The number of nitro groups is 1. The van der Waals surface area contributed by atoms with Gasteiger partial charge in [-0.1, -0.05) is 0 Å². The molecule has 5 heteroatoms. The maximum absolute atomic E-state index is 10.8. The highest BCUT2D eigenvalue weighted by atomic mass is 16.6. The van der Waals surface area contributed by atoms with E-state index in [4.69, 9.17) is 0 Å². The molecule has 0 bridgehead atoms. The van der Waals surface area contributed by atoms with Crippen LogP contribution in [0.3, 0.4) is 0 Å². The first-order valence-corrected chi connectivity index (χ1v) is 3.06. The van der Waals surface area contributed by atoms with Crippen molar-refractivity contribution in [1.82, 2.24) is 0 Å². The minimum Gasteiger partial charge on any atom is -0.298 e. The fraction of sp³-hybridized carbons (Fsp3) is 0. The number of carbonyl (C=O) groups excluding carboxylic acids is 1. The van der Waals surface area contributed by atoms with E-state index in [2.05, 4.69) is 0 Å². The molecule has 0 amide bonds. The van der Waals surface area contributed by atoms with Gasteiger partial charge in [0.05, 0.1) is 10.5 Å². The molecule has 1 aromatic carbocycles. The largest absolute Gasteiger partial charge is 0.298 e. The Labute approximate surface area is 67.4 Å². The lowest BCUT2D eigenvalue weighted by Crippen LogP contribution is -1.89. The Kier molecular flexibility index (Phi) is 2.05. The summed E-state index contributed by atoms with van der Waals surface area (Å²) in [6.45, 7) is 0. The summed E-state index contributed by atoms with van der Waals surface area (Å²) in [6, 6.07) is 3.02. The van der Waals surface area contributed by atoms with E-state index in [0.717, 1.165) is 18.2 Å². The first-order valence-electron chi connectivity index (χ1n) is 3.06. The summed E-state index contributed by atoms with van der Waals surface area (Å²) >= 11 is 0. The molecular weight excluding hydrogens is 162 g/mol. The van der Waals surface area contributed by atoms with Gasteiger partial charge in [0.1, 0.15) is 0 Å². The van der Waals surface area contributed by atoms with Crippen LogP contribution in [0.25, 0.3) is 0 Å². The first-order chi connectivity index (χ1) is 5.65. The topological polar surface area (TPSA) is 80.1 Å². The molecule has 0 unspecified atom stereocenters. The van der Waals surface area contributed by atoms with Crippen molar-refractivity contribution in [2.75, 3.05) is 0 Å². The SMILES string of the molecule is [O]c1ccc([N+](=O)[O-])cc1C=O. The van der Waals surface area contributed by atoms with Gasteiger partial charge in [-0.15, -0.1) is 0 Å². The maximum Gasteiger partial charge on any atom is 0.270 e. The number of nitrogens with zero attached hydrogens (tertiary/aromatic N) is 1. The number of rotatable bonds is 2. The quantitative estimate of drug-likeness (QED) is 0.379. The Morgan fingerprint density at radius 1 is 1.42 bits per heavy atom. The van der Waals surface area contributed by atoms with Gasteiger partial charge in [-0.25, -0.2) is 0 Å². The van der Waals surface area contributed by atoms with Crippen LogP contribution in [0.4, 0.5) is 5.69 Å². The summed E-state index contributed by atoms with van der Waals surface area (Å²) in [5, 5.41) is 20.9. The van der Waals surface area contributed by atoms with Gasteiger partial charge < -0.3 is 0 Å². The third-order valence-electron chi connectivity index (χ3n) is 1.33. The van der Waals surface area contributed by atoms with E-state index in [1.54, 1.807) is 0 Å². The summed E-state index contributed by atoms with van der Waals surface area (Å²) in [7, 11) is 0. The number of non-ortho nitro benzene ring substituents is 1. The standard InChI is InChI=1S/C7H4NO4/c9-4-5-3-6(8(11)12)1-2-7(5)10/h1-4H. The van der Waals surface area contributed by atoms with Gasteiger partial charge in [-0.05, 0) is 6.07 Å². The number of aldehydes is 1. The van der Waals surface area contributed by atoms with Gasteiger partial charge in [0.25, 0.3) is 5.69 Å². The Morgan fingerprint density at radius 2 is 2.08 bits per heavy atom. The molecule has 0 aliphatic rings. The van der Waals surface area contributed by atoms with E-state index in [1.807, 2.05) is 0 Å². The van der Waals surface area contributed by atoms with Crippen molar-refractivity contribution in [2.45, 2.75) is 0 Å². The lowest BCUT2D eigenvalue weighted by Gasteiger charge is -1.92. The van der Waals surface area contributed by atoms with Crippen LogP contribution in [0.15, 0.2) is 18.2 Å². The van der Waals surface area contributed by atoms with Gasteiger partial charge in [-0.3, -0.25) is 20.0 Å². The number of carbonyl (C=O) groups is 1. The van der Waals surface area contributed by atoms with Crippen LogP contribution >= 0.6 is 0 Å². The molecular formula is C7H4NO4. The van der Waals surface area contributed by atoms with Crippen molar-refractivity contribution in [3.8, 4) is 5.75 Å². The number of hydrogen-bond acceptors (Lipinski definition) is 3. The zero-order valence-corrected chi connectivity index (χ0v) is 5.89. The highest BCUT2D eigenvalue weighted by Crippen LogP contribution is 2.21. The molecule has 12 heavy (non-hydrogen) atoms. The molecule has 0 atom stereocenters. The Balaban J connectivity index is 3.22. The molecule has 0 saturated carbocycles. The molecule has 0 fully saturated rings. The molecule has 5 nitrogen and oxygen atoms in total. The minimum atomic E-state index is -0.660. The second kappa shape index (κ2) is 3.00. The second-order valence-corrected chi connectivity index (χ2v) is 2.10. The van der Waals surface area contributed by atoms with Crippen LogP contribution in [0, 0.1) is 10.1 Å². The second-order valence-electron chi connectivity index (χ2n) is 2.10. The molecule has 0 aromatic heterocycles. The van der Waals surface area contributed by atoms with E-state index < -0.39 is 10.7 Å². The highest BCUT2D eigenvalue weighted by Gasteiger charge is 2.09. The number of nitro benzene ring substituents is 1. The van der Waals surface area contributed by atoms with Gasteiger partial charge in [0.2, 0.25) is 0 Å². The Bertz CT molecular complexity index is 334. The average molecular weight is 166 g/mol. The van der Waals surface area contributed by atoms with Gasteiger partial charge in [0.15, 0.2) is 12.0 Å². The summed E-state index contributed by atoms with van der Waals surface area (Å²) < 4.78 is 0. The van der Waals surface area contributed by atoms with Crippen molar-refractivity contribution < 1.29 is 14.8 Å². The van der Waals surface area contributed by atoms with Gasteiger partial charge in [0, 0.05) is 12.1 Å². The number of hydrogen-bond donors (Lipinski definition) is 0. The lowest BCUT2D eigenvalue weighted by atomic mass is 10.2. The highest BCUT2D eigenvalue weighted by molar-refractivity contribution is 5.80. The third kappa shape index (κ3) is 1.39. The smallest absolute Gasteiger partial charge is 0.270 e. The molecule has 61 valence electrons. The van der Waals surface area contributed by atoms with Crippen molar-refractivity contribution >= 4 is 12.0 Å². The predicted molar refractivity (Wildman–Crippen MR) is 38.6 cm³/mol. The molecule has 0 aliphatic heterocycles. The van der Waals surface area contributed by atoms with Crippen LogP contribution in [0.5, 0.6) is 5.75 Å². The fourth-order valence-electron chi connectivity index (χ4n) is 0.742. The maximum atomic E-state index is 10.8. The van der Waals surface area contributed by atoms with Crippen molar-refractivity contribution in [2.24, 2.45) is 0 Å². The summed E-state index contributed by atoms with van der Waals surface area (Å²) in [6.07, 6.45) is 0.301. The van der Waals surface area contributed by atoms with Crippen LogP contribution in [0.2, 0.25) is 0 Å². The fourth-order valence-corrected chi connectivity index (χ4v) is 0.742. The van der Waals surface area contributed by atoms with Gasteiger partial charge >= 0.3 is 0 Å².